The number of ether oxygens (including phenoxy) is 1. The Kier molecular flexibility index (Phi) is 5.42. The van der Waals surface area contributed by atoms with Crippen molar-refractivity contribution in [1.29, 1.82) is 0 Å². The number of hydrogen-bond donors (Lipinski definition) is 2. The van der Waals surface area contributed by atoms with Gasteiger partial charge in [-0.3, -0.25) is 10.1 Å². The van der Waals surface area contributed by atoms with Gasteiger partial charge in [0.2, 0.25) is 0 Å². The molecule has 2 N–H and O–H groups in total. The largest absolute Gasteiger partial charge is 0.378 e. The summed E-state index contributed by atoms with van der Waals surface area (Å²) in [5.41, 5.74) is 2.76. The minimum atomic E-state index is -0.434. The molecule has 130 valence electrons. The molecule has 0 unspecified atom stereocenters. The molecule has 0 atom stereocenters. The summed E-state index contributed by atoms with van der Waals surface area (Å²) in [5.74, 6) is 0. The van der Waals surface area contributed by atoms with Gasteiger partial charge in [-0.1, -0.05) is 0 Å². The van der Waals surface area contributed by atoms with Gasteiger partial charge in [0, 0.05) is 42.3 Å². The maximum absolute atomic E-state index is 10.7. The van der Waals surface area contributed by atoms with Crippen LogP contribution in [-0.2, 0) is 4.74 Å². The van der Waals surface area contributed by atoms with Crippen LogP contribution in [-0.4, -0.2) is 36.3 Å². The highest BCUT2D eigenvalue weighted by Gasteiger charge is 2.11. The van der Waals surface area contributed by atoms with Crippen molar-refractivity contribution in [2.24, 2.45) is 0 Å². The van der Waals surface area contributed by atoms with Crippen molar-refractivity contribution in [1.82, 2.24) is 0 Å². The molecule has 1 aliphatic heterocycles. The maximum atomic E-state index is 10.7. The number of nitro benzene ring substituents is 1. The smallest absolute Gasteiger partial charge is 0.269 e. The van der Waals surface area contributed by atoms with E-state index in [0.29, 0.717) is 10.8 Å². The zero-order valence-corrected chi connectivity index (χ0v) is 14.3. The predicted molar refractivity (Wildman–Crippen MR) is 102 cm³/mol. The van der Waals surface area contributed by atoms with Crippen LogP contribution in [0.25, 0.3) is 0 Å². The third-order valence-electron chi connectivity index (χ3n) is 3.84. The second-order valence-electron chi connectivity index (χ2n) is 5.53. The normalized spacial score (nSPS) is 14.0. The van der Waals surface area contributed by atoms with Gasteiger partial charge in [-0.15, -0.1) is 0 Å². The Balaban J connectivity index is 1.56. The Hall–Kier alpha value is -2.71. The number of morpholine rings is 1. The van der Waals surface area contributed by atoms with Crippen LogP contribution in [0.4, 0.5) is 22.7 Å². The molecule has 0 aromatic heterocycles. The number of hydrogen-bond acceptors (Lipinski definition) is 5. The number of benzene rings is 2. The molecule has 25 heavy (non-hydrogen) atoms. The van der Waals surface area contributed by atoms with E-state index >= 15 is 0 Å². The maximum Gasteiger partial charge on any atom is 0.269 e. The van der Waals surface area contributed by atoms with Gasteiger partial charge in [-0.2, -0.15) is 0 Å². The highest BCUT2D eigenvalue weighted by molar-refractivity contribution is 7.80. The summed E-state index contributed by atoms with van der Waals surface area (Å²) >= 11 is 5.28. The number of anilines is 3. The Morgan fingerprint density at radius 3 is 2.04 bits per heavy atom. The fourth-order valence-electron chi connectivity index (χ4n) is 2.54. The van der Waals surface area contributed by atoms with Crippen LogP contribution in [0.5, 0.6) is 0 Å². The van der Waals surface area contributed by atoms with Gasteiger partial charge in [0.25, 0.3) is 5.69 Å². The quantitative estimate of drug-likeness (QED) is 0.493. The summed E-state index contributed by atoms with van der Waals surface area (Å²) in [6.45, 7) is 3.30. The zero-order chi connectivity index (χ0) is 17.6. The van der Waals surface area contributed by atoms with Crippen molar-refractivity contribution in [2.75, 3.05) is 41.8 Å². The van der Waals surface area contributed by atoms with E-state index in [4.69, 9.17) is 17.0 Å². The summed E-state index contributed by atoms with van der Waals surface area (Å²) in [6, 6.07) is 14.1. The molecular formula is C17H18N4O3S. The molecule has 2 aromatic carbocycles. The van der Waals surface area contributed by atoms with Gasteiger partial charge in [-0.25, -0.2) is 0 Å². The van der Waals surface area contributed by atoms with Crippen LogP contribution < -0.4 is 15.5 Å². The average Bonchev–Trinajstić information content (AvgIpc) is 2.63. The molecule has 0 radical (unpaired) electrons. The van der Waals surface area contributed by atoms with Crippen molar-refractivity contribution in [3.05, 3.63) is 58.6 Å². The molecule has 1 fully saturated rings. The summed E-state index contributed by atoms with van der Waals surface area (Å²) in [5, 5.41) is 17.2. The molecule has 7 nitrogen and oxygen atoms in total. The monoisotopic (exact) mass is 358 g/mol. The lowest BCUT2D eigenvalue weighted by atomic mass is 10.2. The Bertz CT molecular complexity index is 743. The summed E-state index contributed by atoms with van der Waals surface area (Å²) in [6.07, 6.45) is 0. The van der Waals surface area contributed by atoms with E-state index in [9.17, 15) is 10.1 Å². The van der Waals surface area contributed by atoms with E-state index in [-0.39, 0.29) is 5.69 Å². The van der Waals surface area contributed by atoms with Crippen LogP contribution in [0.1, 0.15) is 0 Å². The van der Waals surface area contributed by atoms with Crippen molar-refractivity contribution < 1.29 is 9.66 Å². The van der Waals surface area contributed by atoms with Crippen LogP contribution >= 0.6 is 12.2 Å². The van der Waals surface area contributed by atoms with Crippen molar-refractivity contribution in [2.45, 2.75) is 0 Å². The molecule has 0 amide bonds. The summed E-state index contributed by atoms with van der Waals surface area (Å²) in [7, 11) is 0. The highest BCUT2D eigenvalue weighted by atomic mass is 32.1. The Morgan fingerprint density at radius 2 is 1.52 bits per heavy atom. The first-order valence-electron chi connectivity index (χ1n) is 7.87. The lowest BCUT2D eigenvalue weighted by molar-refractivity contribution is -0.384. The lowest BCUT2D eigenvalue weighted by Crippen LogP contribution is -2.36. The summed E-state index contributed by atoms with van der Waals surface area (Å²) < 4.78 is 5.36. The van der Waals surface area contributed by atoms with E-state index in [1.807, 2.05) is 24.3 Å². The van der Waals surface area contributed by atoms with Crippen LogP contribution in [0.15, 0.2) is 48.5 Å². The first kappa shape index (κ1) is 17.1. The molecule has 3 rings (SSSR count). The Morgan fingerprint density at radius 1 is 1.00 bits per heavy atom. The highest BCUT2D eigenvalue weighted by Crippen LogP contribution is 2.20. The molecule has 0 aliphatic carbocycles. The van der Waals surface area contributed by atoms with E-state index in [0.717, 1.165) is 37.7 Å². The fraction of sp³-hybridized carbons (Fsp3) is 0.235. The van der Waals surface area contributed by atoms with Gasteiger partial charge in [0.15, 0.2) is 5.11 Å². The first-order valence-corrected chi connectivity index (χ1v) is 8.28. The molecule has 1 heterocycles. The zero-order valence-electron chi connectivity index (χ0n) is 13.5. The van der Waals surface area contributed by atoms with Gasteiger partial charge >= 0.3 is 0 Å². The minimum absolute atomic E-state index is 0.0446. The lowest BCUT2D eigenvalue weighted by Gasteiger charge is -2.29. The van der Waals surface area contributed by atoms with E-state index in [1.54, 1.807) is 12.1 Å². The molecule has 1 saturated heterocycles. The van der Waals surface area contributed by atoms with Crippen molar-refractivity contribution >= 4 is 40.1 Å². The van der Waals surface area contributed by atoms with Crippen molar-refractivity contribution in [3.63, 3.8) is 0 Å². The topological polar surface area (TPSA) is 79.7 Å². The van der Waals surface area contributed by atoms with Crippen molar-refractivity contribution in [3.8, 4) is 0 Å². The number of non-ortho nitro benzene ring substituents is 1. The van der Waals surface area contributed by atoms with Gasteiger partial charge in [0.1, 0.15) is 0 Å². The fourth-order valence-corrected chi connectivity index (χ4v) is 2.77. The standard InChI is InChI=1S/C17H18N4O3S/c22-21(23)16-7-3-14(4-8-16)19-17(25)18-13-1-5-15(6-2-13)20-9-11-24-12-10-20/h1-8H,9-12H2,(H2,18,19,25). The molecule has 8 heteroatoms. The third kappa shape index (κ3) is 4.65. The van der Waals surface area contributed by atoms with E-state index < -0.39 is 4.92 Å². The molecule has 0 bridgehead atoms. The van der Waals surface area contributed by atoms with E-state index in [1.165, 1.54) is 12.1 Å². The average molecular weight is 358 g/mol. The van der Waals surface area contributed by atoms with Crippen LogP contribution in [0.2, 0.25) is 0 Å². The minimum Gasteiger partial charge on any atom is -0.378 e. The molecule has 0 saturated carbocycles. The molecule has 1 aliphatic rings. The molecule has 0 spiro atoms. The van der Waals surface area contributed by atoms with Gasteiger partial charge in [-0.05, 0) is 48.6 Å². The van der Waals surface area contributed by atoms with E-state index in [2.05, 4.69) is 15.5 Å². The number of nitro groups is 1. The van der Waals surface area contributed by atoms with Crippen LogP contribution in [0.3, 0.4) is 0 Å². The number of nitrogens with zero attached hydrogens (tertiary/aromatic N) is 2. The number of rotatable bonds is 4. The Labute approximate surface area is 150 Å². The molecular weight excluding hydrogens is 340 g/mol. The second kappa shape index (κ2) is 7.91. The SMILES string of the molecule is O=[N+]([O-])c1ccc(NC(=S)Nc2ccc(N3CCOCC3)cc2)cc1. The van der Waals surface area contributed by atoms with Gasteiger partial charge < -0.3 is 20.3 Å². The van der Waals surface area contributed by atoms with Crippen LogP contribution in [0, 0.1) is 10.1 Å². The third-order valence-corrected chi connectivity index (χ3v) is 4.04. The number of nitrogens with one attached hydrogen (secondary N) is 2. The number of thiocarbonyl (C=S) groups is 1. The predicted octanol–water partition coefficient (Wildman–Crippen LogP) is 3.24. The first-order chi connectivity index (χ1) is 12.1. The molecule has 2 aromatic rings. The van der Waals surface area contributed by atoms with Gasteiger partial charge in [0.05, 0.1) is 18.1 Å². The summed E-state index contributed by atoms with van der Waals surface area (Å²) in [4.78, 5) is 12.5. The second-order valence-corrected chi connectivity index (χ2v) is 5.94.